The lowest BCUT2D eigenvalue weighted by Gasteiger charge is -2.02. The van der Waals surface area contributed by atoms with E-state index in [-0.39, 0.29) is 11.8 Å². The number of hydrogen-bond donors (Lipinski definition) is 2. The van der Waals surface area contributed by atoms with Crippen LogP contribution >= 0.6 is 0 Å². The molecule has 1 unspecified atom stereocenters. The van der Waals surface area contributed by atoms with Crippen LogP contribution in [-0.2, 0) is 6.42 Å². The number of nitrogens with two attached hydrogens (primary N) is 1. The molecular formula is C8H12N2O. The molecule has 11 heavy (non-hydrogen) atoms. The van der Waals surface area contributed by atoms with E-state index in [1.807, 2.05) is 6.92 Å². The Morgan fingerprint density at radius 1 is 1.64 bits per heavy atom. The number of aromatic hydroxyl groups is 1. The molecule has 0 saturated heterocycles. The van der Waals surface area contributed by atoms with Crippen LogP contribution in [0.5, 0.6) is 5.75 Å². The molecule has 1 rings (SSSR count). The van der Waals surface area contributed by atoms with Crippen LogP contribution in [-0.4, -0.2) is 16.1 Å². The number of nitrogens with zero attached hydrogens (tertiary/aromatic N) is 1. The van der Waals surface area contributed by atoms with Crippen molar-refractivity contribution in [2.24, 2.45) is 5.73 Å². The first-order valence-corrected chi connectivity index (χ1v) is 3.58. The highest BCUT2D eigenvalue weighted by molar-refractivity contribution is 5.18. The molecule has 0 radical (unpaired) electrons. The molecule has 1 atom stereocenters. The first kappa shape index (κ1) is 8.01. The average molecular weight is 152 g/mol. The Morgan fingerprint density at radius 3 is 2.82 bits per heavy atom. The maximum atomic E-state index is 8.90. The topological polar surface area (TPSA) is 59.1 Å². The molecule has 3 nitrogen and oxygen atoms in total. The Morgan fingerprint density at radius 2 is 2.36 bits per heavy atom. The largest absolute Gasteiger partial charge is 0.506 e. The number of pyridine rings is 1. The zero-order chi connectivity index (χ0) is 8.27. The molecule has 0 spiro atoms. The van der Waals surface area contributed by atoms with Gasteiger partial charge in [-0.2, -0.15) is 0 Å². The molecule has 1 heterocycles. The highest BCUT2D eigenvalue weighted by atomic mass is 16.3. The molecule has 60 valence electrons. The third kappa shape index (κ3) is 2.55. The smallest absolute Gasteiger partial charge is 0.133 e. The second-order valence-corrected chi connectivity index (χ2v) is 2.69. The fourth-order valence-electron chi connectivity index (χ4n) is 0.867. The van der Waals surface area contributed by atoms with Gasteiger partial charge in [-0.05, 0) is 19.1 Å². The minimum absolute atomic E-state index is 0.118. The molecule has 0 aliphatic heterocycles. The van der Waals surface area contributed by atoms with Gasteiger partial charge >= 0.3 is 0 Å². The van der Waals surface area contributed by atoms with Crippen LogP contribution in [0.1, 0.15) is 12.6 Å². The van der Waals surface area contributed by atoms with Crippen LogP contribution in [0, 0.1) is 0 Å². The number of rotatable bonds is 2. The summed E-state index contributed by atoms with van der Waals surface area (Å²) in [6, 6.07) is 3.51. The van der Waals surface area contributed by atoms with Crippen LogP contribution in [0.4, 0.5) is 0 Å². The van der Waals surface area contributed by atoms with E-state index in [9.17, 15) is 0 Å². The second kappa shape index (κ2) is 3.34. The Labute approximate surface area is 65.9 Å². The molecule has 1 aromatic heterocycles. The second-order valence-electron chi connectivity index (χ2n) is 2.69. The minimum atomic E-state index is 0.118. The third-order valence-corrected chi connectivity index (χ3v) is 1.34. The monoisotopic (exact) mass is 152 g/mol. The summed E-state index contributed by atoms with van der Waals surface area (Å²) in [5, 5.41) is 8.90. The quantitative estimate of drug-likeness (QED) is 0.655. The molecule has 0 amide bonds. The van der Waals surface area contributed by atoms with Gasteiger partial charge in [0.15, 0.2) is 0 Å². The van der Waals surface area contributed by atoms with E-state index in [0.29, 0.717) is 0 Å². The van der Waals surface area contributed by atoms with Crippen LogP contribution < -0.4 is 5.73 Å². The maximum absolute atomic E-state index is 8.90. The summed E-state index contributed by atoms with van der Waals surface area (Å²) in [5.74, 6) is 0.193. The fourth-order valence-corrected chi connectivity index (χ4v) is 0.867. The Bertz CT molecular complexity index is 218. The standard InChI is InChI=1S/C8H12N2O/c1-6(9)4-7-2-3-8(11)5-10-7/h2-3,5-6,11H,4,9H2,1H3. The molecule has 0 aromatic carbocycles. The Kier molecular flexibility index (Phi) is 2.44. The first-order valence-electron chi connectivity index (χ1n) is 3.58. The van der Waals surface area contributed by atoms with Gasteiger partial charge in [-0.1, -0.05) is 0 Å². The van der Waals surface area contributed by atoms with Crippen molar-refractivity contribution in [1.29, 1.82) is 0 Å². The summed E-state index contributed by atoms with van der Waals surface area (Å²) < 4.78 is 0. The van der Waals surface area contributed by atoms with Crippen LogP contribution in [0.25, 0.3) is 0 Å². The summed E-state index contributed by atoms with van der Waals surface area (Å²) in [7, 11) is 0. The molecule has 0 fully saturated rings. The Balaban J connectivity index is 2.66. The lowest BCUT2D eigenvalue weighted by Crippen LogP contribution is -2.18. The molecule has 1 aromatic rings. The third-order valence-electron chi connectivity index (χ3n) is 1.34. The SMILES string of the molecule is CC(N)Cc1ccc(O)cn1. The van der Waals surface area contributed by atoms with Crippen molar-refractivity contribution in [1.82, 2.24) is 4.98 Å². The fraction of sp³-hybridized carbons (Fsp3) is 0.375. The molecule has 0 bridgehead atoms. The molecule has 3 heteroatoms. The molecular weight excluding hydrogens is 140 g/mol. The van der Waals surface area contributed by atoms with Gasteiger partial charge in [0.1, 0.15) is 5.75 Å². The van der Waals surface area contributed by atoms with Crippen molar-refractivity contribution in [2.75, 3.05) is 0 Å². The molecule has 3 N–H and O–H groups in total. The van der Waals surface area contributed by atoms with Gasteiger partial charge in [0.2, 0.25) is 0 Å². The normalized spacial score (nSPS) is 12.9. The van der Waals surface area contributed by atoms with E-state index in [4.69, 9.17) is 10.8 Å². The van der Waals surface area contributed by atoms with Crippen LogP contribution in [0.15, 0.2) is 18.3 Å². The molecule has 0 aliphatic carbocycles. The first-order chi connectivity index (χ1) is 5.18. The van der Waals surface area contributed by atoms with Crippen molar-refractivity contribution >= 4 is 0 Å². The van der Waals surface area contributed by atoms with Crippen molar-refractivity contribution in [3.63, 3.8) is 0 Å². The highest BCUT2D eigenvalue weighted by Crippen LogP contribution is 2.06. The summed E-state index contributed by atoms with van der Waals surface area (Å²) in [4.78, 5) is 3.99. The van der Waals surface area contributed by atoms with Gasteiger partial charge in [0.25, 0.3) is 0 Å². The summed E-state index contributed by atoms with van der Waals surface area (Å²) >= 11 is 0. The summed E-state index contributed by atoms with van der Waals surface area (Å²) in [5.41, 5.74) is 6.47. The molecule has 0 aliphatic rings. The van der Waals surface area contributed by atoms with E-state index >= 15 is 0 Å². The van der Waals surface area contributed by atoms with Gasteiger partial charge in [0.05, 0.1) is 6.20 Å². The van der Waals surface area contributed by atoms with E-state index in [1.54, 1.807) is 12.1 Å². The minimum Gasteiger partial charge on any atom is -0.506 e. The van der Waals surface area contributed by atoms with Gasteiger partial charge in [-0.25, -0.2) is 0 Å². The van der Waals surface area contributed by atoms with Gasteiger partial charge < -0.3 is 10.8 Å². The maximum Gasteiger partial charge on any atom is 0.133 e. The van der Waals surface area contributed by atoms with Gasteiger partial charge in [0, 0.05) is 18.2 Å². The summed E-state index contributed by atoms with van der Waals surface area (Å²) in [6.07, 6.45) is 2.18. The van der Waals surface area contributed by atoms with Gasteiger partial charge in [-0.3, -0.25) is 4.98 Å². The van der Waals surface area contributed by atoms with Gasteiger partial charge in [-0.15, -0.1) is 0 Å². The predicted octanol–water partition coefficient (Wildman–Crippen LogP) is 0.677. The predicted molar refractivity (Wildman–Crippen MR) is 43.3 cm³/mol. The van der Waals surface area contributed by atoms with E-state index in [0.717, 1.165) is 12.1 Å². The lowest BCUT2D eigenvalue weighted by atomic mass is 10.2. The number of hydrogen-bond acceptors (Lipinski definition) is 3. The molecule has 0 saturated carbocycles. The average Bonchev–Trinajstić information content (AvgIpc) is 1.93. The van der Waals surface area contributed by atoms with Crippen LogP contribution in [0.2, 0.25) is 0 Å². The number of aromatic nitrogens is 1. The zero-order valence-electron chi connectivity index (χ0n) is 6.49. The zero-order valence-corrected chi connectivity index (χ0v) is 6.49. The lowest BCUT2D eigenvalue weighted by molar-refractivity contribution is 0.472. The van der Waals surface area contributed by atoms with Crippen molar-refractivity contribution in [3.05, 3.63) is 24.0 Å². The Hall–Kier alpha value is -1.09. The van der Waals surface area contributed by atoms with Crippen LogP contribution in [0.3, 0.4) is 0 Å². The van der Waals surface area contributed by atoms with E-state index in [2.05, 4.69) is 4.98 Å². The van der Waals surface area contributed by atoms with Crippen molar-refractivity contribution < 1.29 is 5.11 Å². The van der Waals surface area contributed by atoms with Crippen molar-refractivity contribution in [2.45, 2.75) is 19.4 Å². The highest BCUT2D eigenvalue weighted by Gasteiger charge is 1.97. The van der Waals surface area contributed by atoms with Crippen molar-refractivity contribution in [3.8, 4) is 5.75 Å². The van der Waals surface area contributed by atoms with E-state index in [1.165, 1.54) is 6.20 Å². The van der Waals surface area contributed by atoms with E-state index < -0.39 is 0 Å². The summed E-state index contributed by atoms with van der Waals surface area (Å²) in [6.45, 7) is 1.93.